The molecule has 3 heterocycles. The van der Waals surface area contributed by atoms with Crippen LogP contribution in [-0.4, -0.2) is 66.4 Å². The SMILES string of the molecule is CCNC(=O)C[C@H]1CC[C@H]2[C@@H](COc3ccc(NC(=O)Nc4c(C)noc4C)cc3C(=O)N2C)O1. The molecule has 0 aliphatic carbocycles. The van der Waals surface area contributed by atoms with E-state index in [2.05, 4.69) is 21.1 Å². The van der Waals surface area contributed by atoms with Crippen molar-refractivity contribution < 1.29 is 28.4 Å². The lowest BCUT2D eigenvalue weighted by Crippen LogP contribution is -2.54. The van der Waals surface area contributed by atoms with E-state index < -0.39 is 6.03 Å². The van der Waals surface area contributed by atoms with Crippen LogP contribution < -0.4 is 20.7 Å². The van der Waals surface area contributed by atoms with Crippen molar-refractivity contribution in [1.82, 2.24) is 15.4 Å². The molecule has 11 heteroatoms. The second kappa shape index (κ2) is 10.3. The molecule has 2 aliphatic rings. The fourth-order valence-corrected chi connectivity index (χ4v) is 4.52. The van der Waals surface area contributed by atoms with Crippen LogP contribution in [0.2, 0.25) is 0 Å². The van der Waals surface area contributed by atoms with Crippen LogP contribution in [-0.2, 0) is 9.53 Å². The van der Waals surface area contributed by atoms with Gasteiger partial charge >= 0.3 is 6.03 Å². The van der Waals surface area contributed by atoms with Crippen LogP contribution in [0.25, 0.3) is 0 Å². The Hall–Kier alpha value is -3.60. The number of aromatic nitrogens is 1. The summed E-state index contributed by atoms with van der Waals surface area (Å²) in [5.41, 5.74) is 1.86. The molecule has 1 fully saturated rings. The monoisotopic (exact) mass is 485 g/mol. The molecule has 1 aromatic heterocycles. The van der Waals surface area contributed by atoms with E-state index in [4.69, 9.17) is 14.0 Å². The van der Waals surface area contributed by atoms with E-state index in [0.29, 0.717) is 53.5 Å². The third-order valence-corrected chi connectivity index (χ3v) is 6.33. The first-order valence-electron chi connectivity index (χ1n) is 11.7. The normalized spacial score (nSPS) is 21.7. The standard InChI is InChI=1S/C24H31N5O6/c1-5-25-21(30)11-16-7-8-18-20(34-16)12-33-19-9-6-15(10-17(19)23(31)29(18)4)26-24(32)27-22-13(2)28-35-14(22)3/h6,9-10,16,18,20H,5,7-8,11-12H2,1-4H3,(H,25,30)(H2,26,27,32)/t16-,18+,20-/m1/s1. The van der Waals surface area contributed by atoms with Crippen LogP contribution in [0.3, 0.4) is 0 Å². The number of fused-ring (bicyclic) bond motifs is 2. The van der Waals surface area contributed by atoms with Gasteiger partial charge in [0.15, 0.2) is 5.76 Å². The zero-order valence-corrected chi connectivity index (χ0v) is 20.3. The van der Waals surface area contributed by atoms with Crippen LogP contribution in [0.1, 0.15) is 48.0 Å². The van der Waals surface area contributed by atoms with Gasteiger partial charge in [0.1, 0.15) is 29.8 Å². The molecule has 2 aromatic rings. The van der Waals surface area contributed by atoms with Crippen molar-refractivity contribution in [2.24, 2.45) is 0 Å². The van der Waals surface area contributed by atoms with E-state index in [1.807, 2.05) is 6.92 Å². The minimum atomic E-state index is -0.481. The highest BCUT2D eigenvalue weighted by molar-refractivity contribution is 6.03. The number of hydrogen-bond acceptors (Lipinski definition) is 7. The summed E-state index contributed by atoms with van der Waals surface area (Å²) in [5.74, 6) is 0.635. The molecule has 2 aliphatic heterocycles. The van der Waals surface area contributed by atoms with Gasteiger partial charge in [0.2, 0.25) is 5.91 Å². The molecule has 4 amide bonds. The molecule has 3 N–H and O–H groups in total. The summed E-state index contributed by atoms with van der Waals surface area (Å²) in [6.07, 6.45) is 1.11. The van der Waals surface area contributed by atoms with Crippen molar-refractivity contribution in [3.63, 3.8) is 0 Å². The molecule has 0 radical (unpaired) electrons. The summed E-state index contributed by atoms with van der Waals surface area (Å²) in [5, 5.41) is 12.1. The van der Waals surface area contributed by atoms with Gasteiger partial charge in [0.05, 0.1) is 24.1 Å². The van der Waals surface area contributed by atoms with Gasteiger partial charge in [0, 0.05) is 19.3 Å². The highest BCUT2D eigenvalue weighted by atomic mass is 16.5. The van der Waals surface area contributed by atoms with Crippen LogP contribution >= 0.6 is 0 Å². The first-order valence-corrected chi connectivity index (χ1v) is 11.7. The Labute approximate surface area is 203 Å². The number of amides is 4. The number of likely N-dealkylation sites (N-methyl/N-ethyl adjacent to an activating group) is 1. The van der Waals surface area contributed by atoms with Crippen molar-refractivity contribution in [3.8, 4) is 5.75 Å². The summed E-state index contributed by atoms with van der Waals surface area (Å²) in [6, 6.07) is 4.26. The topological polar surface area (TPSA) is 135 Å². The smallest absolute Gasteiger partial charge is 0.323 e. The Morgan fingerprint density at radius 3 is 2.71 bits per heavy atom. The molecule has 1 saturated heterocycles. The van der Waals surface area contributed by atoms with E-state index in [1.54, 1.807) is 44.0 Å². The third kappa shape index (κ3) is 5.40. The molecule has 0 unspecified atom stereocenters. The second-order valence-electron chi connectivity index (χ2n) is 8.82. The number of benzene rings is 1. The Morgan fingerprint density at radius 1 is 1.20 bits per heavy atom. The van der Waals surface area contributed by atoms with Crippen molar-refractivity contribution in [2.45, 2.75) is 58.3 Å². The molecule has 0 spiro atoms. The van der Waals surface area contributed by atoms with Crippen LogP contribution in [0.4, 0.5) is 16.2 Å². The summed E-state index contributed by atoms with van der Waals surface area (Å²) in [4.78, 5) is 39.5. The molecular formula is C24H31N5O6. The average molecular weight is 486 g/mol. The van der Waals surface area contributed by atoms with Crippen LogP contribution in [0.15, 0.2) is 22.7 Å². The number of urea groups is 1. The van der Waals surface area contributed by atoms with Gasteiger partial charge in [-0.2, -0.15) is 0 Å². The molecule has 1 aromatic carbocycles. The van der Waals surface area contributed by atoms with Gasteiger partial charge in [-0.05, 0) is 51.8 Å². The predicted molar refractivity (Wildman–Crippen MR) is 128 cm³/mol. The van der Waals surface area contributed by atoms with Gasteiger partial charge in [0.25, 0.3) is 5.91 Å². The number of nitrogens with zero attached hydrogens (tertiary/aromatic N) is 2. The summed E-state index contributed by atoms with van der Waals surface area (Å²) >= 11 is 0. The number of nitrogens with one attached hydrogen (secondary N) is 3. The predicted octanol–water partition coefficient (Wildman–Crippen LogP) is 2.84. The molecule has 35 heavy (non-hydrogen) atoms. The fraction of sp³-hybridized carbons (Fsp3) is 0.500. The third-order valence-electron chi connectivity index (χ3n) is 6.33. The van der Waals surface area contributed by atoms with E-state index in [9.17, 15) is 14.4 Å². The molecule has 0 saturated carbocycles. The first-order chi connectivity index (χ1) is 16.8. The van der Waals surface area contributed by atoms with Crippen molar-refractivity contribution >= 4 is 29.2 Å². The van der Waals surface area contributed by atoms with Crippen LogP contribution in [0, 0.1) is 13.8 Å². The van der Waals surface area contributed by atoms with Gasteiger partial charge in [-0.15, -0.1) is 0 Å². The van der Waals surface area contributed by atoms with E-state index in [0.717, 1.165) is 0 Å². The Balaban J connectivity index is 1.46. The molecule has 0 bridgehead atoms. The highest BCUT2D eigenvalue weighted by Crippen LogP contribution is 2.32. The lowest BCUT2D eigenvalue weighted by molar-refractivity contribution is -0.133. The molecule has 188 valence electrons. The van der Waals surface area contributed by atoms with Gasteiger partial charge in [-0.1, -0.05) is 5.16 Å². The highest BCUT2D eigenvalue weighted by Gasteiger charge is 2.39. The Kier molecular flexibility index (Phi) is 7.25. The zero-order chi connectivity index (χ0) is 25.1. The van der Waals surface area contributed by atoms with Crippen molar-refractivity contribution in [3.05, 3.63) is 35.2 Å². The van der Waals surface area contributed by atoms with E-state index in [1.165, 1.54) is 0 Å². The maximum Gasteiger partial charge on any atom is 0.323 e. The zero-order valence-electron chi connectivity index (χ0n) is 20.3. The summed E-state index contributed by atoms with van der Waals surface area (Å²) in [7, 11) is 1.74. The van der Waals surface area contributed by atoms with E-state index >= 15 is 0 Å². The maximum atomic E-state index is 13.3. The number of hydrogen-bond donors (Lipinski definition) is 3. The largest absolute Gasteiger partial charge is 0.490 e. The van der Waals surface area contributed by atoms with Gasteiger partial charge < -0.3 is 34.8 Å². The Morgan fingerprint density at radius 2 is 2.00 bits per heavy atom. The number of rotatable bonds is 5. The number of carbonyl (C=O) groups excluding carboxylic acids is 3. The first kappa shape index (κ1) is 24.5. The second-order valence-corrected chi connectivity index (χ2v) is 8.82. The molecule has 11 nitrogen and oxygen atoms in total. The van der Waals surface area contributed by atoms with Gasteiger partial charge in [-0.3, -0.25) is 9.59 Å². The summed E-state index contributed by atoms with van der Waals surface area (Å²) in [6.45, 7) is 6.14. The lowest BCUT2D eigenvalue weighted by atomic mass is 9.94. The number of anilines is 2. The number of aryl methyl sites for hydroxylation is 2. The molecular weight excluding hydrogens is 454 g/mol. The maximum absolute atomic E-state index is 13.3. The number of ether oxygens (including phenoxy) is 2. The Bertz CT molecular complexity index is 1100. The molecule has 3 atom stereocenters. The van der Waals surface area contributed by atoms with Crippen molar-refractivity contribution in [2.75, 3.05) is 30.8 Å². The minimum Gasteiger partial charge on any atom is -0.490 e. The summed E-state index contributed by atoms with van der Waals surface area (Å²) < 4.78 is 17.2. The molecule has 4 rings (SSSR count). The lowest BCUT2D eigenvalue weighted by Gasteiger charge is -2.42. The average Bonchev–Trinajstić information content (AvgIpc) is 3.14. The van der Waals surface area contributed by atoms with Crippen LogP contribution in [0.5, 0.6) is 5.75 Å². The van der Waals surface area contributed by atoms with Crippen molar-refractivity contribution in [1.29, 1.82) is 0 Å². The van der Waals surface area contributed by atoms with E-state index in [-0.39, 0.29) is 43.1 Å². The minimum absolute atomic E-state index is 0.0455. The number of carbonyl (C=O) groups is 3. The fourth-order valence-electron chi connectivity index (χ4n) is 4.52. The van der Waals surface area contributed by atoms with Gasteiger partial charge in [-0.25, -0.2) is 4.79 Å². The quantitative estimate of drug-likeness (QED) is 0.593.